The summed E-state index contributed by atoms with van der Waals surface area (Å²) in [6, 6.07) is 2.07. The molecule has 0 aliphatic carbocycles. The van der Waals surface area contributed by atoms with Crippen molar-refractivity contribution in [3.63, 3.8) is 0 Å². The molecule has 120 valence electrons. The first-order valence-electron chi connectivity index (χ1n) is 7.35. The van der Waals surface area contributed by atoms with Crippen molar-refractivity contribution in [3.05, 3.63) is 28.5 Å². The van der Waals surface area contributed by atoms with Gasteiger partial charge in [-0.05, 0) is 32.6 Å². The average Bonchev–Trinajstić information content (AvgIpc) is 2.97. The maximum absolute atomic E-state index is 12.1. The molecular formula is C15H22N4OS2. The Kier molecular flexibility index (Phi) is 6.02. The van der Waals surface area contributed by atoms with Crippen molar-refractivity contribution >= 4 is 29.0 Å². The van der Waals surface area contributed by atoms with E-state index in [-0.39, 0.29) is 11.9 Å². The lowest BCUT2D eigenvalue weighted by Gasteiger charge is -2.14. The second-order valence-corrected chi connectivity index (χ2v) is 7.66. The molecule has 0 aromatic carbocycles. The molecule has 0 fully saturated rings. The predicted molar refractivity (Wildman–Crippen MR) is 91.5 cm³/mol. The van der Waals surface area contributed by atoms with E-state index in [1.54, 1.807) is 23.1 Å². The zero-order valence-corrected chi connectivity index (χ0v) is 15.1. The third kappa shape index (κ3) is 4.84. The molecular weight excluding hydrogens is 316 g/mol. The van der Waals surface area contributed by atoms with Crippen LogP contribution < -0.4 is 5.32 Å². The topological polar surface area (TPSA) is 59.8 Å². The normalized spacial score (nSPS) is 12.4. The van der Waals surface area contributed by atoms with Gasteiger partial charge < -0.3 is 5.32 Å². The molecule has 2 rings (SSSR count). The minimum atomic E-state index is 0.00683. The van der Waals surface area contributed by atoms with E-state index in [4.69, 9.17) is 0 Å². The molecule has 1 amide bonds. The molecule has 1 atom stereocenters. The van der Waals surface area contributed by atoms with Crippen molar-refractivity contribution in [2.24, 2.45) is 0 Å². The number of thioether (sulfide) groups is 1. The van der Waals surface area contributed by atoms with E-state index in [0.29, 0.717) is 13.0 Å². The molecule has 0 bridgehead atoms. The fraction of sp³-hybridized carbons (Fsp3) is 0.533. The van der Waals surface area contributed by atoms with Crippen LogP contribution in [0.5, 0.6) is 0 Å². The smallest absolute Gasteiger partial charge is 0.226 e. The van der Waals surface area contributed by atoms with E-state index in [0.717, 1.165) is 27.2 Å². The summed E-state index contributed by atoms with van der Waals surface area (Å²) in [7, 11) is 0. The van der Waals surface area contributed by atoms with Gasteiger partial charge in [0.1, 0.15) is 4.34 Å². The molecule has 0 saturated heterocycles. The minimum absolute atomic E-state index is 0.00683. The first-order valence-corrected chi connectivity index (χ1v) is 9.22. The zero-order valence-electron chi connectivity index (χ0n) is 13.4. The highest BCUT2D eigenvalue weighted by molar-refractivity contribution is 8.00. The number of nitrogens with zero attached hydrogens (tertiary/aromatic N) is 3. The molecule has 0 saturated carbocycles. The van der Waals surface area contributed by atoms with Gasteiger partial charge in [0.2, 0.25) is 5.91 Å². The highest BCUT2D eigenvalue weighted by Crippen LogP contribution is 2.22. The number of amides is 1. The van der Waals surface area contributed by atoms with Crippen molar-refractivity contribution in [3.8, 4) is 0 Å². The van der Waals surface area contributed by atoms with E-state index < -0.39 is 0 Å². The molecule has 1 unspecified atom stereocenters. The Bertz CT molecular complexity index is 635. The van der Waals surface area contributed by atoms with Gasteiger partial charge in [-0.1, -0.05) is 18.7 Å². The number of aryl methyl sites for hydroxylation is 2. The molecule has 2 heterocycles. The number of carbonyl (C=O) groups is 1. The molecule has 22 heavy (non-hydrogen) atoms. The predicted octanol–water partition coefficient (Wildman–Crippen LogP) is 2.82. The highest BCUT2D eigenvalue weighted by Gasteiger charge is 2.12. The lowest BCUT2D eigenvalue weighted by atomic mass is 10.2. The SMILES string of the molecule is CCSc1nc(CC(=O)NC(C)Cn2nc(C)cc2C)cs1. The van der Waals surface area contributed by atoms with E-state index in [2.05, 4.69) is 22.3 Å². The summed E-state index contributed by atoms with van der Waals surface area (Å²) in [5.41, 5.74) is 2.95. The van der Waals surface area contributed by atoms with Crippen molar-refractivity contribution < 1.29 is 4.79 Å². The Morgan fingerprint density at radius 2 is 2.27 bits per heavy atom. The monoisotopic (exact) mass is 338 g/mol. The molecule has 0 aliphatic heterocycles. The fourth-order valence-electron chi connectivity index (χ4n) is 2.21. The molecule has 0 radical (unpaired) electrons. The Labute approximate surface area is 139 Å². The third-order valence-corrected chi connectivity index (χ3v) is 5.05. The van der Waals surface area contributed by atoms with Gasteiger partial charge in [0.25, 0.3) is 0 Å². The lowest BCUT2D eigenvalue weighted by molar-refractivity contribution is -0.121. The summed E-state index contributed by atoms with van der Waals surface area (Å²) in [5, 5.41) is 9.39. The largest absolute Gasteiger partial charge is 0.351 e. The Morgan fingerprint density at radius 3 is 2.91 bits per heavy atom. The van der Waals surface area contributed by atoms with Crippen LogP contribution in [0.1, 0.15) is 30.9 Å². The second-order valence-electron chi connectivity index (χ2n) is 5.29. The van der Waals surface area contributed by atoms with Gasteiger partial charge >= 0.3 is 0 Å². The first-order chi connectivity index (χ1) is 10.5. The summed E-state index contributed by atoms with van der Waals surface area (Å²) in [6.45, 7) is 8.77. The van der Waals surface area contributed by atoms with Crippen LogP contribution in [0.15, 0.2) is 15.8 Å². The molecule has 0 spiro atoms. The first kappa shape index (κ1) is 17.0. The quantitative estimate of drug-likeness (QED) is 0.789. The number of rotatable bonds is 7. The van der Waals surface area contributed by atoms with Crippen LogP contribution in [0.25, 0.3) is 0 Å². The molecule has 2 aromatic heterocycles. The number of nitrogens with one attached hydrogen (secondary N) is 1. The highest BCUT2D eigenvalue weighted by atomic mass is 32.2. The van der Waals surface area contributed by atoms with E-state index in [1.165, 1.54) is 0 Å². The van der Waals surface area contributed by atoms with Gasteiger partial charge in [-0.3, -0.25) is 9.48 Å². The molecule has 2 aromatic rings. The Hall–Kier alpha value is -1.34. The van der Waals surface area contributed by atoms with Crippen LogP contribution in [0.4, 0.5) is 0 Å². The molecule has 0 aliphatic rings. The van der Waals surface area contributed by atoms with Gasteiger partial charge in [-0.2, -0.15) is 5.10 Å². The number of hydrogen-bond acceptors (Lipinski definition) is 5. The lowest BCUT2D eigenvalue weighted by Crippen LogP contribution is -2.37. The zero-order chi connectivity index (χ0) is 16.1. The van der Waals surface area contributed by atoms with E-state index in [9.17, 15) is 4.79 Å². The summed E-state index contributed by atoms with van der Waals surface area (Å²) in [5.74, 6) is 1.01. The second kappa shape index (κ2) is 7.78. The number of carbonyl (C=O) groups excluding carboxylic acids is 1. The number of hydrogen-bond donors (Lipinski definition) is 1. The fourth-order valence-corrected chi connectivity index (χ4v) is 3.96. The number of aromatic nitrogens is 3. The van der Waals surface area contributed by atoms with Gasteiger partial charge in [-0.25, -0.2) is 4.98 Å². The average molecular weight is 339 g/mol. The van der Waals surface area contributed by atoms with Gasteiger partial charge in [0.15, 0.2) is 0 Å². The van der Waals surface area contributed by atoms with Crippen LogP contribution in [-0.2, 0) is 17.8 Å². The van der Waals surface area contributed by atoms with Crippen LogP contribution in [-0.4, -0.2) is 32.5 Å². The van der Waals surface area contributed by atoms with Gasteiger partial charge in [0, 0.05) is 17.1 Å². The molecule has 7 heteroatoms. The summed E-state index contributed by atoms with van der Waals surface area (Å²) < 4.78 is 2.96. The van der Waals surface area contributed by atoms with Crippen molar-refractivity contribution in [1.82, 2.24) is 20.1 Å². The Balaban J connectivity index is 1.84. The van der Waals surface area contributed by atoms with Crippen molar-refractivity contribution in [1.29, 1.82) is 0 Å². The van der Waals surface area contributed by atoms with Crippen LogP contribution in [0, 0.1) is 13.8 Å². The summed E-state index contributed by atoms with van der Waals surface area (Å²) >= 11 is 3.31. The Morgan fingerprint density at radius 1 is 1.50 bits per heavy atom. The van der Waals surface area contributed by atoms with Crippen molar-refractivity contribution in [2.45, 2.75) is 51.0 Å². The van der Waals surface area contributed by atoms with Crippen LogP contribution >= 0.6 is 23.1 Å². The summed E-state index contributed by atoms with van der Waals surface area (Å²) in [6.07, 6.45) is 0.336. The standard InChI is InChI=1S/C15H22N4OS2/c1-5-21-15-17-13(9-22-15)7-14(20)16-11(3)8-19-12(4)6-10(2)18-19/h6,9,11H,5,7-8H2,1-4H3,(H,16,20). The van der Waals surface area contributed by atoms with Crippen molar-refractivity contribution in [2.75, 3.05) is 5.75 Å². The maximum Gasteiger partial charge on any atom is 0.226 e. The van der Waals surface area contributed by atoms with Gasteiger partial charge in [-0.15, -0.1) is 11.3 Å². The van der Waals surface area contributed by atoms with E-state index in [1.807, 2.05) is 36.9 Å². The minimum Gasteiger partial charge on any atom is -0.351 e. The summed E-state index contributed by atoms with van der Waals surface area (Å²) in [4.78, 5) is 16.5. The number of thiazole rings is 1. The third-order valence-electron chi connectivity index (χ3n) is 3.10. The molecule has 5 nitrogen and oxygen atoms in total. The van der Waals surface area contributed by atoms with Gasteiger partial charge in [0.05, 0.1) is 24.4 Å². The van der Waals surface area contributed by atoms with E-state index >= 15 is 0 Å². The van der Waals surface area contributed by atoms with Crippen LogP contribution in [0.3, 0.4) is 0 Å². The molecule has 1 N–H and O–H groups in total. The maximum atomic E-state index is 12.1. The van der Waals surface area contributed by atoms with Crippen LogP contribution in [0.2, 0.25) is 0 Å².